The van der Waals surface area contributed by atoms with Crippen molar-refractivity contribution in [3.05, 3.63) is 48.6 Å². The Morgan fingerprint density at radius 2 is 2.17 bits per heavy atom. The highest BCUT2D eigenvalue weighted by Gasteiger charge is 2.21. The summed E-state index contributed by atoms with van der Waals surface area (Å²) in [6.07, 6.45) is 9.53. The molecule has 1 saturated heterocycles. The van der Waals surface area contributed by atoms with Gasteiger partial charge in [0.25, 0.3) is 0 Å². The zero-order chi connectivity index (χ0) is 15.9. The number of piperidine rings is 1. The minimum Gasteiger partial charge on any atom is -0.465 e. The van der Waals surface area contributed by atoms with Gasteiger partial charge in [-0.15, -0.1) is 0 Å². The van der Waals surface area contributed by atoms with E-state index in [9.17, 15) is 5.11 Å². The zero-order valence-electron chi connectivity index (χ0n) is 13.2. The van der Waals surface area contributed by atoms with Crippen LogP contribution >= 0.6 is 0 Å². The van der Waals surface area contributed by atoms with Gasteiger partial charge in [0.1, 0.15) is 5.76 Å². The van der Waals surface area contributed by atoms with Gasteiger partial charge in [-0.05, 0) is 49.1 Å². The maximum atomic E-state index is 9.26. The van der Waals surface area contributed by atoms with E-state index in [0.29, 0.717) is 19.1 Å². The SMILES string of the molecule is OCC1CCN(c2ncccc2NC/C=C/c2ccco2)CC1. The van der Waals surface area contributed by atoms with E-state index in [4.69, 9.17) is 4.42 Å². The van der Waals surface area contributed by atoms with Crippen molar-refractivity contribution in [2.24, 2.45) is 5.92 Å². The van der Waals surface area contributed by atoms with E-state index < -0.39 is 0 Å². The van der Waals surface area contributed by atoms with Crippen LogP contribution in [0.4, 0.5) is 11.5 Å². The Bertz CT molecular complexity index is 617. The first-order valence-electron chi connectivity index (χ1n) is 8.11. The second-order valence-electron chi connectivity index (χ2n) is 5.79. The molecule has 3 heterocycles. The minimum absolute atomic E-state index is 0.290. The molecule has 0 atom stereocenters. The predicted octanol–water partition coefficient (Wildman–Crippen LogP) is 3.01. The van der Waals surface area contributed by atoms with Crippen LogP contribution in [0, 0.1) is 5.92 Å². The maximum absolute atomic E-state index is 9.26. The molecule has 0 amide bonds. The van der Waals surface area contributed by atoms with Crippen molar-refractivity contribution in [3.63, 3.8) is 0 Å². The summed E-state index contributed by atoms with van der Waals surface area (Å²) in [5.74, 6) is 2.28. The summed E-state index contributed by atoms with van der Waals surface area (Å²) in [4.78, 5) is 6.84. The lowest BCUT2D eigenvalue weighted by atomic mass is 9.98. The van der Waals surface area contributed by atoms with Gasteiger partial charge in [-0.3, -0.25) is 0 Å². The summed E-state index contributed by atoms with van der Waals surface area (Å²) in [5.41, 5.74) is 1.04. The molecule has 2 aromatic heterocycles. The molecule has 1 aliphatic heterocycles. The first kappa shape index (κ1) is 15.6. The minimum atomic E-state index is 0.290. The summed E-state index contributed by atoms with van der Waals surface area (Å²) < 4.78 is 5.27. The Morgan fingerprint density at radius 3 is 2.91 bits per heavy atom. The third kappa shape index (κ3) is 4.13. The van der Waals surface area contributed by atoms with E-state index in [1.165, 1.54) is 0 Å². The molecule has 1 fully saturated rings. The first-order chi connectivity index (χ1) is 11.4. The highest BCUT2D eigenvalue weighted by Crippen LogP contribution is 2.27. The molecule has 23 heavy (non-hydrogen) atoms. The molecular weight excluding hydrogens is 290 g/mol. The van der Waals surface area contributed by atoms with Gasteiger partial charge in [0, 0.05) is 32.4 Å². The number of hydrogen-bond donors (Lipinski definition) is 2. The lowest BCUT2D eigenvalue weighted by molar-refractivity contribution is 0.203. The number of pyridine rings is 1. The number of aliphatic hydroxyl groups excluding tert-OH is 1. The Labute approximate surface area is 136 Å². The summed E-state index contributed by atoms with van der Waals surface area (Å²) in [6.45, 7) is 2.89. The van der Waals surface area contributed by atoms with Gasteiger partial charge in [-0.1, -0.05) is 6.08 Å². The van der Waals surface area contributed by atoms with E-state index in [-0.39, 0.29) is 0 Å². The van der Waals surface area contributed by atoms with Crippen molar-refractivity contribution < 1.29 is 9.52 Å². The van der Waals surface area contributed by atoms with Crippen LogP contribution in [0.2, 0.25) is 0 Å². The van der Waals surface area contributed by atoms with E-state index in [1.54, 1.807) is 6.26 Å². The number of anilines is 2. The Kier molecular flexibility index (Phi) is 5.32. The van der Waals surface area contributed by atoms with Crippen LogP contribution in [0.15, 0.2) is 47.2 Å². The van der Waals surface area contributed by atoms with Crippen molar-refractivity contribution >= 4 is 17.6 Å². The van der Waals surface area contributed by atoms with Crippen LogP contribution < -0.4 is 10.2 Å². The van der Waals surface area contributed by atoms with Crippen molar-refractivity contribution in [1.82, 2.24) is 4.98 Å². The zero-order valence-corrected chi connectivity index (χ0v) is 13.2. The number of furan rings is 1. The third-order valence-electron chi connectivity index (χ3n) is 4.19. The highest BCUT2D eigenvalue weighted by molar-refractivity contribution is 5.66. The van der Waals surface area contributed by atoms with Gasteiger partial charge in [-0.2, -0.15) is 0 Å². The van der Waals surface area contributed by atoms with Crippen molar-refractivity contribution in [2.75, 3.05) is 36.5 Å². The monoisotopic (exact) mass is 313 g/mol. The van der Waals surface area contributed by atoms with Crippen LogP contribution in [0.1, 0.15) is 18.6 Å². The quantitative estimate of drug-likeness (QED) is 0.858. The molecular formula is C18H23N3O2. The van der Waals surface area contributed by atoms with Crippen LogP contribution in [0.5, 0.6) is 0 Å². The molecule has 1 aliphatic rings. The Balaban J connectivity index is 1.59. The maximum Gasteiger partial charge on any atom is 0.151 e. The fourth-order valence-corrected chi connectivity index (χ4v) is 2.84. The molecule has 2 N–H and O–H groups in total. The van der Waals surface area contributed by atoms with Crippen molar-refractivity contribution in [2.45, 2.75) is 12.8 Å². The van der Waals surface area contributed by atoms with Crippen molar-refractivity contribution in [3.8, 4) is 0 Å². The normalized spacial score (nSPS) is 16.1. The number of nitrogens with zero attached hydrogens (tertiary/aromatic N) is 2. The Morgan fingerprint density at radius 1 is 1.30 bits per heavy atom. The molecule has 0 aromatic carbocycles. The molecule has 0 bridgehead atoms. The van der Waals surface area contributed by atoms with E-state index in [2.05, 4.69) is 21.3 Å². The van der Waals surface area contributed by atoms with Crippen LogP contribution in [-0.2, 0) is 0 Å². The summed E-state index contributed by atoms with van der Waals surface area (Å²) >= 11 is 0. The van der Waals surface area contributed by atoms with E-state index in [1.807, 2.05) is 36.5 Å². The van der Waals surface area contributed by atoms with Gasteiger partial charge in [-0.25, -0.2) is 4.98 Å². The molecule has 2 aromatic rings. The first-order valence-corrected chi connectivity index (χ1v) is 8.11. The molecule has 0 aliphatic carbocycles. The number of rotatable bonds is 6. The van der Waals surface area contributed by atoms with Gasteiger partial charge in [0.05, 0.1) is 12.0 Å². The van der Waals surface area contributed by atoms with Crippen molar-refractivity contribution in [1.29, 1.82) is 0 Å². The van der Waals surface area contributed by atoms with Crippen LogP contribution in [0.3, 0.4) is 0 Å². The van der Waals surface area contributed by atoms with Crippen LogP contribution in [0.25, 0.3) is 6.08 Å². The third-order valence-corrected chi connectivity index (χ3v) is 4.19. The number of nitrogens with one attached hydrogen (secondary N) is 1. The Hall–Kier alpha value is -2.27. The molecule has 0 saturated carbocycles. The molecule has 122 valence electrons. The summed E-state index contributed by atoms with van der Waals surface area (Å²) in [7, 11) is 0. The van der Waals surface area contributed by atoms with Gasteiger partial charge < -0.3 is 19.7 Å². The lowest BCUT2D eigenvalue weighted by Gasteiger charge is -2.33. The molecule has 0 unspecified atom stereocenters. The number of aliphatic hydroxyl groups is 1. The summed E-state index contributed by atoms with van der Waals surface area (Å²) in [5, 5.41) is 12.7. The fraction of sp³-hybridized carbons (Fsp3) is 0.389. The lowest BCUT2D eigenvalue weighted by Crippen LogP contribution is -2.35. The molecule has 5 nitrogen and oxygen atoms in total. The second-order valence-corrected chi connectivity index (χ2v) is 5.79. The van der Waals surface area contributed by atoms with Crippen LogP contribution in [-0.4, -0.2) is 36.3 Å². The van der Waals surface area contributed by atoms with Gasteiger partial charge in [0.2, 0.25) is 0 Å². The molecule has 0 radical (unpaired) electrons. The van der Waals surface area contributed by atoms with Gasteiger partial charge in [0.15, 0.2) is 5.82 Å². The van der Waals surface area contributed by atoms with E-state index in [0.717, 1.165) is 43.2 Å². The predicted molar refractivity (Wildman–Crippen MR) is 92.5 cm³/mol. The smallest absolute Gasteiger partial charge is 0.151 e. The summed E-state index contributed by atoms with van der Waals surface area (Å²) in [6, 6.07) is 7.81. The number of hydrogen-bond acceptors (Lipinski definition) is 5. The standard InChI is InChI=1S/C18H23N3O2/c22-14-15-7-11-21(12-8-15)18-17(6-2-10-20-18)19-9-1-4-16-5-3-13-23-16/h1-6,10,13,15,19,22H,7-9,11-12,14H2/b4-1+. The topological polar surface area (TPSA) is 61.5 Å². The molecule has 3 rings (SSSR count). The largest absolute Gasteiger partial charge is 0.465 e. The fourth-order valence-electron chi connectivity index (χ4n) is 2.84. The average molecular weight is 313 g/mol. The van der Waals surface area contributed by atoms with E-state index >= 15 is 0 Å². The molecule has 5 heteroatoms. The average Bonchev–Trinajstić information content (AvgIpc) is 3.13. The van der Waals surface area contributed by atoms with Gasteiger partial charge >= 0.3 is 0 Å². The number of aromatic nitrogens is 1. The molecule has 0 spiro atoms. The second kappa shape index (κ2) is 7.83. The highest BCUT2D eigenvalue weighted by atomic mass is 16.3.